The number of rotatable bonds is 6. The number of hydrogen-bond donors (Lipinski definition) is 1. The average Bonchev–Trinajstić information content (AvgIpc) is 3.25. The summed E-state index contributed by atoms with van der Waals surface area (Å²) in [5.41, 5.74) is 6.91. The number of halogens is 2. The molecule has 3 nitrogen and oxygen atoms in total. The first-order valence-electron chi connectivity index (χ1n) is 8.44. The molecule has 0 aromatic heterocycles. The van der Waals surface area contributed by atoms with E-state index >= 15 is 0 Å². The standard InChI is InChI=1S/C18H25FN2O.ClH/c19-15-6-4-13(5-7-15)10-11-21(16-8-9-16)18(22)17-3-1-2-14(17)12-20;/h4-7,14,16-17H,1-3,8-12,20H2;1H/t14-,17-;/m1./s1. The molecular formula is C18H26ClFN2O. The Morgan fingerprint density at radius 3 is 2.48 bits per heavy atom. The van der Waals surface area contributed by atoms with Gasteiger partial charge in [-0.05, 0) is 62.3 Å². The molecule has 1 aromatic rings. The highest BCUT2D eigenvalue weighted by atomic mass is 35.5. The van der Waals surface area contributed by atoms with E-state index in [-0.39, 0.29) is 24.1 Å². The largest absolute Gasteiger partial charge is 0.339 e. The lowest BCUT2D eigenvalue weighted by atomic mass is 9.94. The van der Waals surface area contributed by atoms with Gasteiger partial charge >= 0.3 is 0 Å². The minimum Gasteiger partial charge on any atom is -0.339 e. The third kappa shape index (κ3) is 4.45. The van der Waals surface area contributed by atoms with Gasteiger partial charge in [0.25, 0.3) is 0 Å². The Labute approximate surface area is 143 Å². The Morgan fingerprint density at radius 2 is 1.87 bits per heavy atom. The molecule has 0 spiro atoms. The number of carbonyl (C=O) groups excluding carboxylic acids is 1. The van der Waals surface area contributed by atoms with E-state index in [2.05, 4.69) is 4.90 Å². The van der Waals surface area contributed by atoms with Crippen molar-refractivity contribution in [2.75, 3.05) is 13.1 Å². The summed E-state index contributed by atoms with van der Waals surface area (Å²) in [5, 5.41) is 0. The van der Waals surface area contributed by atoms with Crippen LogP contribution >= 0.6 is 12.4 Å². The number of hydrogen-bond acceptors (Lipinski definition) is 2. The van der Waals surface area contributed by atoms with Crippen molar-refractivity contribution in [3.8, 4) is 0 Å². The molecule has 2 aliphatic rings. The summed E-state index contributed by atoms with van der Waals surface area (Å²) < 4.78 is 13.0. The molecule has 0 bridgehead atoms. The van der Waals surface area contributed by atoms with Crippen LogP contribution in [0.4, 0.5) is 4.39 Å². The lowest BCUT2D eigenvalue weighted by Crippen LogP contribution is -2.41. The number of nitrogens with two attached hydrogens (primary N) is 1. The summed E-state index contributed by atoms with van der Waals surface area (Å²) in [7, 11) is 0. The van der Waals surface area contributed by atoms with Crippen molar-refractivity contribution in [3.05, 3.63) is 35.6 Å². The van der Waals surface area contributed by atoms with E-state index in [0.29, 0.717) is 24.4 Å². The predicted octanol–water partition coefficient (Wildman–Crippen LogP) is 3.16. The average molecular weight is 341 g/mol. The molecular weight excluding hydrogens is 315 g/mol. The van der Waals surface area contributed by atoms with E-state index in [1.165, 1.54) is 12.1 Å². The van der Waals surface area contributed by atoms with Crippen molar-refractivity contribution in [2.24, 2.45) is 17.6 Å². The van der Waals surface area contributed by atoms with Crippen molar-refractivity contribution >= 4 is 18.3 Å². The third-order valence-electron chi connectivity index (χ3n) is 5.10. The van der Waals surface area contributed by atoms with E-state index in [0.717, 1.165) is 50.6 Å². The number of amides is 1. The number of nitrogens with zero attached hydrogens (tertiary/aromatic N) is 1. The van der Waals surface area contributed by atoms with Crippen LogP contribution in [0.3, 0.4) is 0 Å². The van der Waals surface area contributed by atoms with Crippen molar-refractivity contribution in [1.82, 2.24) is 4.90 Å². The van der Waals surface area contributed by atoms with Gasteiger partial charge in [0.1, 0.15) is 5.82 Å². The van der Waals surface area contributed by atoms with E-state index in [4.69, 9.17) is 5.73 Å². The van der Waals surface area contributed by atoms with Gasteiger partial charge in [-0.3, -0.25) is 4.79 Å². The second-order valence-corrected chi connectivity index (χ2v) is 6.67. The topological polar surface area (TPSA) is 46.3 Å². The summed E-state index contributed by atoms with van der Waals surface area (Å²) in [4.78, 5) is 15.0. The van der Waals surface area contributed by atoms with Gasteiger partial charge in [0, 0.05) is 18.5 Å². The Morgan fingerprint density at radius 1 is 1.17 bits per heavy atom. The highest BCUT2D eigenvalue weighted by molar-refractivity contribution is 5.85. The first kappa shape index (κ1) is 18.2. The summed E-state index contributed by atoms with van der Waals surface area (Å²) >= 11 is 0. The molecule has 0 heterocycles. The second-order valence-electron chi connectivity index (χ2n) is 6.67. The zero-order chi connectivity index (χ0) is 15.5. The van der Waals surface area contributed by atoms with Crippen LogP contribution in [-0.2, 0) is 11.2 Å². The first-order chi connectivity index (χ1) is 10.7. The van der Waals surface area contributed by atoms with E-state index in [1.54, 1.807) is 0 Å². The summed E-state index contributed by atoms with van der Waals surface area (Å²) in [6.45, 7) is 1.36. The lowest BCUT2D eigenvalue weighted by molar-refractivity contribution is -0.137. The quantitative estimate of drug-likeness (QED) is 0.864. The monoisotopic (exact) mass is 340 g/mol. The molecule has 2 aliphatic carbocycles. The first-order valence-corrected chi connectivity index (χ1v) is 8.44. The zero-order valence-corrected chi connectivity index (χ0v) is 14.2. The van der Waals surface area contributed by atoms with Crippen LogP contribution in [0.25, 0.3) is 0 Å². The molecule has 0 saturated heterocycles. The highest BCUT2D eigenvalue weighted by Gasteiger charge is 2.39. The van der Waals surface area contributed by atoms with Crippen LogP contribution in [0.5, 0.6) is 0 Å². The molecule has 2 atom stereocenters. The third-order valence-corrected chi connectivity index (χ3v) is 5.10. The van der Waals surface area contributed by atoms with E-state index in [9.17, 15) is 9.18 Å². The second kappa shape index (κ2) is 8.11. The van der Waals surface area contributed by atoms with Crippen molar-refractivity contribution in [2.45, 2.75) is 44.6 Å². The molecule has 5 heteroatoms. The molecule has 0 radical (unpaired) electrons. The van der Waals surface area contributed by atoms with Gasteiger partial charge in [-0.1, -0.05) is 18.6 Å². The van der Waals surface area contributed by atoms with Gasteiger partial charge in [-0.15, -0.1) is 12.4 Å². The van der Waals surface area contributed by atoms with Crippen LogP contribution < -0.4 is 5.73 Å². The maximum atomic E-state index is 13.0. The maximum Gasteiger partial charge on any atom is 0.226 e. The molecule has 23 heavy (non-hydrogen) atoms. The van der Waals surface area contributed by atoms with Crippen LogP contribution in [-0.4, -0.2) is 29.9 Å². The van der Waals surface area contributed by atoms with Crippen molar-refractivity contribution < 1.29 is 9.18 Å². The van der Waals surface area contributed by atoms with Crippen LogP contribution in [0.2, 0.25) is 0 Å². The van der Waals surface area contributed by atoms with Gasteiger partial charge in [0.2, 0.25) is 5.91 Å². The van der Waals surface area contributed by atoms with E-state index < -0.39 is 0 Å². The van der Waals surface area contributed by atoms with Gasteiger partial charge in [0.15, 0.2) is 0 Å². The summed E-state index contributed by atoms with van der Waals surface area (Å²) in [6.07, 6.45) is 6.23. The van der Waals surface area contributed by atoms with Crippen LogP contribution in [0.15, 0.2) is 24.3 Å². The van der Waals surface area contributed by atoms with Gasteiger partial charge in [0.05, 0.1) is 0 Å². The molecule has 3 rings (SSSR count). The van der Waals surface area contributed by atoms with Gasteiger partial charge < -0.3 is 10.6 Å². The van der Waals surface area contributed by atoms with Gasteiger partial charge in [-0.2, -0.15) is 0 Å². The maximum absolute atomic E-state index is 13.0. The summed E-state index contributed by atoms with van der Waals surface area (Å²) in [5.74, 6) is 0.576. The normalized spacial score (nSPS) is 23.4. The molecule has 2 saturated carbocycles. The minimum absolute atomic E-state index is 0. The van der Waals surface area contributed by atoms with Crippen molar-refractivity contribution in [3.63, 3.8) is 0 Å². The Balaban J connectivity index is 0.00000192. The fourth-order valence-corrected chi connectivity index (χ4v) is 3.62. The van der Waals surface area contributed by atoms with E-state index in [1.807, 2.05) is 12.1 Å². The lowest BCUT2D eigenvalue weighted by Gasteiger charge is -2.28. The smallest absolute Gasteiger partial charge is 0.226 e. The number of benzene rings is 1. The Kier molecular flexibility index (Phi) is 6.42. The van der Waals surface area contributed by atoms with Crippen molar-refractivity contribution in [1.29, 1.82) is 0 Å². The fraction of sp³-hybridized carbons (Fsp3) is 0.611. The van der Waals surface area contributed by atoms with Crippen LogP contribution in [0, 0.1) is 17.7 Å². The molecule has 2 N–H and O–H groups in total. The molecule has 2 fully saturated rings. The molecule has 128 valence electrons. The minimum atomic E-state index is -0.212. The van der Waals surface area contributed by atoms with Crippen LogP contribution in [0.1, 0.15) is 37.7 Å². The fourth-order valence-electron chi connectivity index (χ4n) is 3.62. The molecule has 1 amide bonds. The Hall–Kier alpha value is -1.13. The zero-order valence-electron chi connectivity index (χ0n) is 13.4. The SMILES string of the molecule is Cl.NC[C@H]1CCC[C@H]1C(=O)N(CCc1ccc(F)cc1)C1CC1. The highest BCUT2D eigenvalue weighted by Crippen LogP contribution is 2.36. The molecule has 1 aromatic carbocycles. The predicted molar refractivity (Wildman–Crippen MR) is 92.0 cm³/mol. The number of carbonyl (C=O) groups is 1. The van der Waals surface area contributed by atoms with Gasteiger partial charge in [-0.25, -0.2) is 4.39 Å². The molecule has 0 aliphatic heterocycles. The molecule has 0 unspecified atom stereocenters. The summed E-state index contributed by atoms with van der Waals surface area (Å²) in [6, 6.07) is 7.01. The Bertz CT molecular complexity index is 518.